The standard InChI is InChI=1S/C14H27NO3/c1-11(5-6-14(2,3)4)15-7-8-18-10-12(15)9-13(16)17/h11-12H,5-10H2,1-4H3,(H,16,17). The van der Waals surface area contributed by atoms with Crippen molar-refractivity contribution in [2.75, 3.05) is 19.8 Å². The van der Waals surface area contributed by atoms with Crippen LogP contribution in [0, 0.1) is 5.41 Å². The van der Waals surface area contributed by atoms with Crippen LogP contribution in [0.5, 0.6) is 0 Å². The molecule has 0 aliphatic carbocycles. The number of hydrogen-bond donors (Lipinski definition) is 1. The number of rotatable bonds is 5. The van der Waals surface area contributed by atoms with E-state index in [-0.39, 0.29) is 12.5 Å². The Labute approximate surface area is 110 Å². The van der Waals surface area contributed by atoms with Crippen LogP contribution in [0.15, 0.2) is 0 Å². The zero-order valence-electron chi connectivity index (χ0n) is 12.1. The van der Waals surface area contributed by atoms with Crippen molar-refractivity contribution in [1.82, 2.24) is 4.90 Å². The van der Waals surface area contributed by atoms with E-state index in [4.69, 9.17) is 9.84 Å². The summed E-state index contributed by atoms with van der Waals surface area (Å²) < 4.78 is 5.40. The molecule has 1 heterocycles. The average molecular weight is 257 g/mol. The molecule has 1 fully saturated rings. The fourth-order valence-electron chi connectivity index (χ4n) is 2.43. The molecule has 0 aromatic rings. The minimum atomic E-state index is -0.737. The summed E-state index contributed by atoms with van der Waals surface area (Å²) in [6.07, 6.45) is 2.45. The van der Waals surface area contributed by atoms with E-state index in [0.29, 0.717) is 18.1 Å². The van der Waals surface area contributed by atoms with Crippen LogP contribution in [-0.4, -0.2) is 47.8 Å². The van der Waals surface area contributed by atoms with Gasteiger partial charge in [0.1, 0.15) is 0 Å². The van der Waals surface area contributed by atoms with Gasteiger partial charge >= 0.3 is 5.97 Å². The van der Waals surface area contributed by atoms with Crippen molar-refractivity contribution >= 4 is 5.97 Å². The Morgan fingerprint density at radius 3 is 2.72 bits per heavy atom. The number of morpholine rings is 1. The smallest absolute Gasteiger partial charge is 0.305 e. The van der Waals surface area contributed by atoms with Crippen LogP contribution >= 0.6 is 0 Å². The van der Waals surface area contributed by atoms with E-state index in [9.17, 15) is 4.79 Å². The van der Waals surface area contributed by atoms with Gasteiger partial charge in [-0.25, -0.2) is 0 Å². The average Bonchev–Trinajstić information content (AvgIpc) is 2.25. The molecule has 18 heavy (non-hydrogen) atoms. The highest BCUT2D eigenvalue weighted by Crippen LogP contribution is 2.25. The van der Waals surface area contributed by atoms with Crippen molar-refractivity contribution in [3.05, 3.63) is 0 Å². The molecule has 2 atom stereocenters. The third-order valence-electron chi connectivity index (χ3n) is 3.56. The first-order valence-corrected chi connectivity index (χ1v) is 6.85. The lowest BCUT2D eigenvalue weighted by atomic mass is 9.88. The third kappa shape index (κ3) is 5.36. The van der Waals surface area contributed by atoms with Crippen molar-refractivity contribution in [3.63, 3.8) is 0 Å². The SMILES string of the molecule is CC(CCC(C)(C)C)N1CCOCC1CC(=O)O. The van der Waals surface area contributed by atoms with Crippen LogP contribution in [0.3, 0.4) is 0 Å². The maximum atomic E-state index is 10.9. The molecule has 1 N–H and O–H groups in total. The summed E-state index contributed by atoms with van der Waals surface area (Å²) in [6, 6.07) is 0.462. The Balaban J connectivity index is 2.51. The summed E-state index contributed by atoms with van der Waals surface area (Å²) in [7, 11) is 0. The highest BCUT2D eigenvalue weighted by Gasteiger charge is 2.29. The van der Waals surface area contributed by atoms with Crippen LogP contribution in [0.2, 0.25) is 0 Å². The fourth-order valence-corrected chi connectivity index (χ4v) is 2.43. The zero-order chi connectivity index (χ0) is 13.8. The molecule has 1 rings (SSSR count). The summed E-state index contributed by atoms with van der Waals surface area (Å²) in [5.74, 6) is -0.737. The number of carboxylic acids is 1. The van der Waals surface area contributed by atoms with Crippen molar-refractivity contribution in [2.45, 2.75) is 59.0 Å². The molecular weight excluding hydrogens is 230 g/mol. The van der Waals surface area contributed by atoms with Crippen LogP contribution in [0.25, 0.3) is 0 Å². The third-order valence-corrected chi connectivity index (χ3v) is 3.56. The van der Waals surface area contributed by atoms with E-state index in [2.05, 4.69) is 32.6 Å². The summed E-state index contributed by atoms with van der Waals surface area (Å²) in [5, 5.41) is 8.94. The topological polar surface area (TPSA) is 49.8 Å². The minimum absolute atomic E-state index is 0.0335. The summed E-state index contributed by atoms with van der Waals surface area (Å²) >= 11 is 0. The van der Waals surface area contributed by atoms with E-state index < -0.39 is 5.97 Å². The molecule has 2 unspecified atom stereocenters. The lowest BCUT2D eigenvalue weighted by Crippen LogP contribution is -2.50. The molecule has 4 heteroatoms. The molecule has 0 spiro atoms. The molecule has 1 aliphatic heterocycles. The van der Waals surface area contributed by atoms with Gasteiger partial charge in [0.05, 0.1) is 19.6 Å². The molecule has 0 amide bonds. The summed E-state index contributed by atoms with van der Waals surface area (Å²) in [4.78, 5) is 13.2. The molecule has 0 bridgehead atoms. The second-order valence-electron chi connectivity index (χ2n) is 6.51. The van der Waals surface area contributed by atoms with Crippen molar-refractivity contribution < 1.29 is 14.6 Å². The highest BCUT2D eigenvalue weighted by atomic mass is 16.5. The van der Waals surface area contributed by atoms with Crippen molar-refractivity contribution in [3.8, 4) is 0 Å². The lowest BCUT2D eigenvalue weighted by Gasteiger charge is -2.39. The van der Waals surface area contributed by atoms with E-state index in [0.717, 1.165) is 26.0 Å². The Kier molecular flexibility index (Phi) is 5.60. The van der Waals surface area contributed by atoms with Gasteiger partial charge in [-0.15, -0.1) is 0 Å². The number of carboxylic acid groups (broad SMARTS) is 1. The summed E-state index contributed by atoms with van der Waals surface area (Å²) in [5.41, 5.74) is 0.336. The Morgan fingerprint density at radius 2 is 2.17 bits per heavy atom. The maximum absolute atomic E-state index is 10.9. The molecule has 1 saturated heterocycles. The number of ether oxygens (including phenoxy) is 1. The molecule has 106 valence electrons. The number of aliphatic carboxylic acids is 1. The Morgan fingerprint density at radius 1 is 1.50 bits per heavy atom. The Bertz CT molecular complexity index is 273. The van der Waals surface area contributed by atoms with Gasteiger partial charge < -0.3 is 9.84 Å². The Hall–Kier alpha value is -0.610. The molecule has 0 aromatic carbocycles. The monoisotopic (exact) mass is 257 g/mol. The minimum Gasteiger partial charge on any atom is -0.481 e. The molecule has 4 nitrogen and oxygen atoms in total. The van der Waals surface area contributed by atoms with Gasteiger partial charge in [0.15, 0.2) is 0 Å². The number of carbonyl (C=O) groups is 1. The maximum Gasteiger partial charge on any atom is 0.305 e. The van der Waals surface area contributed by atoms with Crippen LogP contribution < -0.4 is 0 Å². The van der Waals surface area contributed by atoms with Crippen molar-refractivity contribution in [1.29, 1.82) is 0 Å². The molecular formula is C14H27NO3. The van der Waals surface area contributed by atoms with E-state index in [1.807, 2.05) is 0 Å². The van der Waals surface area contributed by atoms with Gasteiger partial charge in [0.25, 0.3) is 0 Å². The van der Waals surface area contributed by atoms with Crippen LogP contribution in [0.4, 0.5) is 0 Å². The quantitative estimate of drug-likeness (QED) is 0.821. The first kappa shape index (κ1) is 15.4. The normalized spacial score (nSPS) is 23.9. The van der Waals surface area contributed by atoms with Gasteiger partial charge in [-0.2, -0.15) is 0 Å². The fraction of sp³-hybridized carbons (Fsp3) is 0.929. The second-order valence-corrected chi connectivity index (χ2v) is 6.51. The number of hydrogen-bond acceptors (Lipinski definition) is 3. The number of nitrogens with zero attached hydrogens (tertiary/aromatic N) is 1. The zero-order valence-corrected chi connectivity index (χ0v) is 12.1. The highest BCUT2D eigenvalue weighted by molar-refractivity contribution is 5.67. The largest absolute Gasteiger partial charge is 0.481 e. The van der Waals surface area contributed by atoms with Crippen molar-refractivity contribution in [2.24, 2.45) is 5.41 Å². The van der Waals surface area contributed by atoms with Gasteiger partial charge in [-0.3, -0.25) is 9.69 Å². The summed E-state index contributed by atoms with van der Waals surface area (Å²) in [6.45, 7) is 11.0. The lowest BCUT2D eigenvalue weighted by molar-refractivity contribution is -0.140. The predicted octanol–water partition coefficient (Wildman–Crippen LogP) is 2.38. The van der Waals surface area contributed by atoms with E-state index in [1.54, 1.807) is 0 Å². The molecule has 0 aromatic heterocycles. The molecule has 0 radical (unpaired) electrons. The van der Waals surface area contributed by atoms with Crippen LogP contribution in [0.1, 0.15) is 47.0 Å². The molecule has 1 aliphatic rings. The predicted molar refractivity (Wildman–Crippen MR) is 71.7 cm³/mol. The van der Waals surface area contributed by atoms with E-state index >= 15 is 0 Å². The van der Waals surface area contributed by atoms with Gasteiger partial charge in [-0.05, 0) is 25.2 Å². The van der Waals surface area contributed by atoms with Gasteiger partial charge in [0.2, 0.25) is 0 Å². The molecule has 0 saturated carbocycles. The first-order chi connectivity index (χ1) is 8.29. The van der Waals surface area contributed by atoms with Gasteiger partial charge in [0, 0.05) is 18.6 Å². The first-order valence-electron chi connectivity index (χ1n) is 6.85. The van der Waals surface area contributed by atoms with Crippen LogP contribution in [-0.2, 0) is 9.53 Å². The second kappa shape index (κ2) is 6.53. The van der Waals surface area contributed by atoms with Gasteiger partial charge in [-0.1, -0.05) is 20.8 Å². The van der Waals surface area contributed by atoms with E-state index in [1.165, 1.54) is 0 Å².